The fourth-order valence-electron chi connectivity index (χ4n) is 1.75. The van der Waals surface area contributed by atoms with Crippen LogP contribution in [0.25, 0.3) is 0 Å². The zero-order chi connectivity index (χ0) is 9.10. The van der Waals surface area contributed by atoms with E-state index in [4.69, 9.17) is 0 Å². The van der Waals surface area contributed by atoms with E-state index >= 15 is 0 Å². The average Bonchev–Trinajstić information content (AvgIpc) is 2.70. The van der Waals surface area contributed by atoms with Crippen LogP contribution >= 0.6 is 11.3 Å². The van der Waals surface area contributed by atoms with Crippen molar-refractivity contribution in [3.8, 4) is 0 Å². The van der Waals surface area contributed by atoms with Gasteiger partial charge in [-0.05, 0) is 19.4 Å². The molecule has 1 aromatic heterocycles. The molecular formula is C10H16N2S. The van der Waals surface area contributed by atoms with E-state index < -0.39 is 0 Å². The van der Waals surface area contributed by atoms with Crippen molar-refractivity contribution in [1.82, 2.24) is 10.3 Å². The molecule has 13 heavy (non-hydrogen) atoms. The first kappa shape index (κ1) is 9.16. The molecule has 2 rings (SSSR count). The molecule has 1 unspecified atom stereocenters. The number of aromatic nitrogens is 1. The van der Waals surface area contributed by atoms with E-state index in [0.29, 0.717) is 5.92 Å². The van der Waals surface area contributed by atoms with Crippen LogP contribution in [0.5, 0.6) is 0 Å². The number of rotatable bonds is 3. The SMILES string of the molecule is CCCc1csc(C2CCNC2)n1. The maximum atomic E-state index is 4.66. The molecule has 1 aliphatic heterocycles. The summed E-state index contributed by atoms with van der Waals surface area (Å²) in [6.45, 7) is 4.49. The fourth-order valence-corrected chi connectivity index (χ4v) is 2.74. The lowest BCUT2D eigenvalue weighted by Gasteiger charge is -2.01. The summed E-state index contributed by atoms with van der Waals surface area (Å²) in [5, 5.41) is 6.94. The van der Waals surface area contributed by atoms with E-state index in [1.807, 2.05) is 11.3 Å². The lowest BCUT2D eigenvalue weighted by molar-refractivity contribution is 0.746. The van der Waals surface area contributed by atoms with Gasteiger partial charge in [-0.25, -0.2) is 4.98 Å². The van der Waals surface area contributed by atoms with Crippen molar-refractivity contribution in [2.24, 2.45) is 0 Å². The number of nitrogens with zero attached hydrogens (tertiary/aromatic N) is 1. The van der Waals surface area contributed by atoms with Crippen LogP contribution in [-0.2, 0) is 6.42 Å². The molecule has 2 heterocycles. The van der Waals surface area contributed by atoms with Crippen molar-refractivity contribution in [1.29, 1.82) is 0 Å². The minimum atomic E-state index is 0.690. The highest BCUT2D eigenvalue weighted by Gasteiger charge is 2.19. The number of hydrogen-bond donors (Lipinski definition) is 1. The van der Waals surface area contributed by atoms with Gasteiger partial charge in [-0.2, -0.15) is 0 Å². The Morgan fingerprint density at radius 3 is 3.31 bits per heavy atom. The van der Waals surface area contributed by atoms with Gasteiger partial charge in [0.25, 0.3) is 0 Å². The molecule has 0 amide bonds. The summed E-state index contributed by atoms with van der Waals surface area (Å²) >= 11 is 1.84. The van der Waals surface area contributed by atoms with Gasteiger partial charge in [0.05, 0.1) is 10.7 Å². The Kier molecular flexibility index (Phi) is 2.96. The summed E-state index contributed by atoms with van der Waals surface area (Å²) in [4.78, 5) is 4.66. The van der Waals surface area contributed by atoms with Crippen LogP contribution in [-0.4, -0.2) is 18.1 Å². The summed E-state index contributed by atoms with van der Waals surface area (Å²) in [5.41, 5.74) is 1.29. The second-order valence-corrected chi connectivity index (χ2v) is 4.51. The second-order valence-electron chi connectivity index (χ2n) is 3.62. The van der Waals surface area contributed by atoms with Crippen LogP contribution in [0.3, 0.4) is 0 Å². The van der Waals surface area contributed by atoms with E-state index in [1.165, 1.54) is 23.5 Å². The first-order valence-corrected chi connectivity index (χ1v) is 5.93. The number of thiazole rings is 1. The van der Waals surface area contributed by atoms with E-state index in [9.17, 15) is 0 Å². The van der Waals surface area contributed by atoms with Crippen molar-refractivity contribution in [3.05, 3.63) is 16.1 Å². The first-order valence-electron chi connectivity index (χ1n) is 5.05. The molecule has 1 fully saturated rings. The molecule has 1 saturated heterocycles. The molecule has 0 aliphatic carbocycles. The predicted octanol–water partition coefficient (Wildman–Crippen LogP) is 2.17. The average molecular weight is 196 g/mol. The van der Waals surface area contributed by atoms with Gasteiger partial charge < -0.3 is 5.32 Å². The van der Waals surface area contributed by atoms with Crippen LogP contribution in [0.1, 0.15) is 36.4 Å². The van der Waals surface area contributed by atoms with Gasteiger partial charge >= 0.3 is 0 Å². The summed E-state index contributed by atoms with van der Waals surface area (Å²) in [5.74, 6) is 0.690. The summed E-state index contributed by atoms with van der Waals surface area (Å²) < 4.78 is 0. The van der Waals surface area contributed by atoms with Gasteiger partial charge in [0.2, 0.25) is 0 Å². The molecule has 1 N–H and O–H groups in total. The van der Waals surface area contributed by atoms with E-state index in [0.717, 1.165) is 19.5 Å². The van der Waals surface area contributed by atoms with Crippen LogP contribution in [0.4, 0.5) is 0 Å². The van der Waals surface area contributed by atoms with Crippen molar-refractivity contribution in [3.63, 3.8) is 0 Å². The van der Waals surface area contributed by atoms with Gasteiger partial charge in [-0.15, -0.1) is 11.3 Å². The van der Waals surface area contributed by atoms with Crippen LogP contribution in [0.15, 0.2) is 5.38 Å². The van der Waals surface area contributed by atoms with Gasteiger partial charge in [-0.3, -0.25) is 0 Å². The normalized spacial score (nSPS) is 22.4. The minimum absolute atomic E-state index is 0.690. The monoisotopic (exact) mass is 196 g/mol. The number of aryl methyl sites for hydroxylation is 1. The molecule has 3 heteroatoms. The van der Waals surface area contributed by atoms with Gasteiger partial charge in [0.1, 0.15) is 0 Å². The minimum Gasteiger partial charge on any atom is -0.316 e. The van der Waals surface area contributed by atoms with Crippen LogP contribution in [0, 0.1) is 0 Å². The zero-order valence-corrected chi connectivity index (χ0v) is 8.86. The smallest absolute Gasteiger partial charge is 0.0972 e. The van der Waals surface area contributed by atoms with E-state index in [1.54, 1.807) is 0 Å². The van der Waals surface area contributed by atoms with Gasteiger partial charge in [-0.1, -0.05) is 13.3 Å². The zero-order valence-electron chi connectivity index (χ0n) is 8.05. The molecule has 72 valence electrons. The second kappa shape index (κ2) is 4.20. The van der Waals surface area contributed by atoms with Crippen molar-refractivity contribution >= 4 is 11.3 Å². The van der Waals surface area contributed by atoms with E-state index in [2.05, 4.69) is 22.6 Å². The number of hydrogen-bond acceptors (Lipinski definition) is 3. The molecule has 0 spiro atoms. The molecule has 0 radical (unpaired) electrons. The van der Waals surface area contributed by atoms with Crippen LogP contribution < -0.4 is 5.32 Å². The highest BCUT2D eigenvalue weighted by molar-refractivity contribution is 7.09. The van der Waals surface area contributed by atoms with E-state index in [-0.39, 0.29) is 0 Å². The fraction of sp³-hybridized carbons (Fsp3) is 0.700. The Morgan fingerprint density at radius 2 is 2.62 bits per heavy atom. The highest BCUT2D eigenvalue weighted by Crippen LogP contribution is 2.25. The molecule has 0 saturated carbocycles. The Morgan fingerprint density at radius 1 is 1.69 bits per heavy atom. The predicted molar refractivity (Wildman–Crippen MR) is 56.3 cm³/mol. The van der Waals surface area contributed by atoms with Crippen molar-refractivity contribution in [2.75, 3.05) is 13.1 Å². The molecule has 1 aromatic rings. The first-order chi connectivity index (χ1) is 6.40. The lowest BCUT2D eigenvalue weighted by Crippen LogP contribution is -2.07. The Labute approximate surface area is 83.4 Å². The largest absolute Gasteiger partial charge is 0.316 e. The molecule has 1 atom stereocenters. The van der Waals surface area contributed by atoms with Gasteiger partial charge in [0, 0.05) is 17.8 Å². The highest BCUT2D eigenvalue weighted by atomic mass is 32.1. The molecule has 1 aliphatic rings. The Hall–Kier alpha value is -0.410. The summed E-state index contributed by atoms with van der Waals surface area (Å²) in [6.07, 6.45) is 3.60. The summed E-state index contributed by atoms with van der Waals surface area (Å²) in [6, 6.07) is 0. The van der Waals surface area contributed by atoms with Crippen LogP contribution in [0.2, 0.25) is 0 Å². The maximum absolute atomic E-state index is 4.66. The maximum Gasteiger partial charge on any atom is 0.0972 e. The third-order valence-corrected chi connectivity index (χ3v) is 3.54. The lowest BCUT2D eigenvalue weighted by atomic mass is 10.1. The van der Waals surface area contributed by atoms with Gasteiger partial charge in [0.15, 0.2) is 0 Å². The standard InChI is InChI=1S/C10H16N2S/c1-2-3-9-7-13-10(12-9)8-4-5-11-6-8/h7-8,11H,2-6H2,1H3. The molecule has 0 aromatic carbocycles. The van der Waals surface area contributed by atoms with Crippen molar-refractivity contribution in [2.45, 2.75) is 32.1 Å². The number of nitrogens with one attached hydrogen (secondary N) is 1. The quantitative estimate of drug-likeness (QED) is 0.801. The Balaban J connectivity index is 2.03. The molecule has 2 nitrogen and oxygen atoms in total. The Bertz CT molecular complexity index is 264. The summed E-state index contributed by atoms with van der Waals surface area (Å²) in [7, 11) is 0. The molecule has 0 bridgehead atoms. The molecular weight excluding hydrogens is 180 g/mol. The third-order valence-electron chi connectivity index (χ3n) is 2.49. The third kappa shape index (κ3) is 2.09. The van der Waals surface area contributed by atoms with Crippen molar-refractivity contribution < 1.29 is 0 Å². The topological polar surface area (TPSA) is 24.9 Å².